The Balaban J connectivity index is 1.55. The zero-order valence-electron chi connectivity index (χ0n) is 21.8. The first-order valence-corrected chi connectivity index (χ1v) is 14.3. The van der Waals surface area contributed by atoms with E-state index in [1.54, 1.807) is 36.5 Å². The van der Waals surface area contributed by atoms with Crippen LogP contribution >= 0.6 is 23.6 Å². The summed E-state index contributed by atoms with van der Waals surface area (Å²) in [6, 6.07) is 7.54. The second kappa shape index (κ2) is 14.7. The van der Waals surface area contributed by atoms with Crippen LogP contribution in [0.1, 0.15) is 67.0 Å². The van der Waals surface area contributed by atoms with Gasteiger partial charge in [-0.05, 0) is 62.0 Å². The SMILES string of the molecule is C=C/C(=C\C=C(/C)O)c1ccccc1NC(=O)c1csc(CC2CCN(C(=S)NCCCCC)CC2)n1. The number of aliphatic hydroxyl groups is 1. The number of nitrogens with zero attached hydrogens (tertiary/aromatic N) is 2. The Hall–Kier alpha value is -2.97. The van der Waals surface area contributed by atoms with E-state index in [4.69, 9.17) is 12.2 Å². The third-order valence-corrected chi connectivity index (χ3v) is 7.69. The van der Waals surface area contributed by atoms with Crippen LogP contribution in [-0.4, -0.2) is 45.6 Å². The molecule has 1 aliphatic rings. The van der Waals surface area contributed by atoms with Crippen LogP contribution in [0.25, 0.3) is 5.57 Å². The fourth-order valence-corrected chi connectivity index (χ4v) is 5.46. The smallest absolute Gasteiger partial charge is 0.275 e. The van der Waals surface area contributed by atoms with Gasteiger partial charge in [-0.2, -0.15) is 0 Å². The quantitative estimate of drug-likeness (QED) is 0.127. The number of thiocarbonyl (C=S) groups is 1. The van der Waals surface area contributed by atoms with Crippen molar-refractivity contribution >= 4 is 45.8 Å². The van der Waals surface area contributed by atoms with Crippen molar-refractivity contribution in [1.29, 1.82) is 0 Å². The first-order chi connectivity index (χ1) is 17.9. The van der Waals surface area contributed by atoms with E-state index in [-0.39, 0.29) is 11.7 Å². The van der Waals surface area contributed by atoms with E-state index in [1.165, 1.54) is 12.8 Å². The summed E-state index contributed by atoms with van der Waals surface area (Å²) in [4.78, 5) is 19.9. The fraction of sp³-hybridized carbons (Fsp3) is 0.414. The average molecular weight is 539 g/mol. The number of benzene rings is 1. The number of nitrogens with one attached hydrogen (secondary N) is 2. The summed E-state index contributed by atoms with van der Waals surface area (Å²) in [6.07, 6.45) is 11.7. The van der Waals surface area contributed by atoms with E-state index in [9.17, 15) is 9.90 Å². The molecule has 198 valence electrons. The molecule has 1 aromatic heterocycles. The molecule has 8 heteroatoms. The first-order valence-electron chi connectivity index (χ1n) is 13.0. The molecule has 0 atom stereocenters. The van der Waals surface area contributed by atoms with Crippen molar-refractivity contribution in [2.45, 2.75) is 52.4 Å². The highest BCUT2D eigenvalue weighted by atomic mass is 32.1. The number of carbonyl (C=O) groups excluding carboxylic acids is 1. The average Bonchev–Trinajstić information content (AvgIpc) is 3.36. The maximum Gasteiger partial charge on any atom is 0.275 e. The Morgan fingerprint density at radius 2 is 2.03 bits per heavy atom. The van der Waals surface area contributed by atoms with Gasteiger partial charge in [0, 0.05) is 42.7 Å². The maximum atomic E-state index is 13.0. The molecule has 2 heterocycles. The molecule has 1 fully saturated rings. The van der Waals surface area contributed by atoms with E-state index < -0.39 is 0 Å². The normalized spacial score (nSPS) is 14.9. The molecule has 1 amide bonds. The number of anilines is 1. The van der Waals surface area contributed by atoms with Gasteiger partial charge < -0.3 is 20.6 Å². The molecule has 2 aromatic rings. The highest BCUT2D eigenvalue weighted by Gasteiger charge is 2.23. The zero-order chi connectivity index (χ0) is 26.6. The van der Waals surface area contributed by atoms with Gasteiger partial charge >= 0.3 is 0 Å². The molecule has 0 radical (unpaired) electrons. The Kier molecular flexibility index (Phi) is 11.4. The summed E-state index contributed by atoms with van der Waals surface area (Å²) in [7, 11) is 0. The molecule has 0 spiro atoms. The number of thiazole rings is 1. The monoisotopic (exact) mass is 538 g/mol. The lowest BCUT2D eigenvalue weighted by molar-refractivity contribution is 0.102. The lowest BCUT2D eigenvalue weighted by Gasteiger charge is -2.33. The summed E-state index contributed by atoms with van der Waals surface area (Å²) in [6.45, 7) is 10.6. The van der Waals surface area contributed by atoms with E-state index in [2.05, 4.69) is 34.0 Å². The van der Waals surface area contributed by atoms with Gasteiger partial charge in [0.05, 0.1) is 10.8 Å². The Labute approximate surface area is 230 Å². The molecule has 3 N–H and O–H groups in total. The number of hydrogen-bond acceptors (Lipinski definition) is 5. The van der Waals surface area contributed by atoms with Crippen LogP contribution in [0.5, 0.6) is 0 Å². The first kappa shape index (κ1) is 28.6. The number of rotatable bonds is 11. The number of aromatic nitrogens is 1. The molecule has 1 aliphatic heterocycles. The molecule has 37 heavy (non-hydrogen) atoms. The van der Waals surface area contributed by atoms with Crippen LogP contribution in [-0.2, 0) is 6.42 Å². The number of piperidine rings is 1. The van der Waals surface area contributed by atoms with Gasteiger partial charge in [0.25, 0.3) is 5.91 Å². The van der Waals surface area contributed by atoms with Gasteiger partial charge in [-0.1, -0.05) is 56.7 Å². The van der Waals surface area contributed by atoms with Crippen LogP contribution in [0, 0.1) is 5.92 Å². The number of hydrogen-bond donors (Lipinski definition) is 3. The summed E-state index contributed by atoms with van der Waals surface area (Å²) >= 11 is 7.12. The van der Waals surface area contributed by atoms with Crippen LogP contribution in [0.4, 0.5) is 5.69 Å². The van der Waals surface area contributed by atoms with Crippen molar-refractivity contribution in [3.05, 3.63) is 76.5 Å². The molecule has 1 saturated heterocycles. The number of aliphatic hydroxyl groups excluding tert-OH is 1. The zero-order valence-corrected chi connectivity index (χ0v) is 23.5. The summed E-state index contributed by atoms with van der Waals surface area (Å²) < 4.78 is 0. The Bertz CT molecular complexity index is 1130. The summed E-state index contributed by atoms with van der Waals surface area (Å²) in [5.74, 6) is 0.509. The lowest BCUT2D eigenvalue weighted by atomic mass is 9.94. The third-order valence-electron chi connectivity index (χ3n) is 6.42. The number of likely N-dealkylation sites (tertiary alicyclic amines) is 1. The summed E-state index contributed by atoms with van der Waals surface area (Å²) in [5.41, 5.74) is 2.72. The molecular formula is C29H38N4O2S2. The van der Waals surface area contributed by atoms with Crippen LogP contribution in [0.2, 0.25) is 0 Å². The third kappa shape index (κ3) is 8.83. The molecule has 0 saturated carbocycles. The van der Waals surface area contributed by atoms with Crippen molar-refractivity contribution in [2.24, 2.45) is 5.92 Å². The largest absolute Gasteiger partial charge is 0.513 e. The van der Waals surface area contributed by atoms with Crippen molar-refractivity contribution in [3.8, 4) is 0 Å². The van der Waals surface area contributed by atoms with Gasteiger partial charge in [0.1, 0.15) is 5.69 Å². The van der Waals surface area contributed by atoms with Crippen molar-refractivity contribution in [2.75, 3.05) is 25.0 Å². The van der Waals surface area contributed by atoms with E-state index in [0.29, 0.717) is 17.3 Å². The molecular weight excluding hydrogens is 500 g/mol. The molecule has 0 aliphatic carbocycles. The number of allylic oxidation sites excluding steroid dienone is 5. The van der Waals surface area contributed by atoms with Crippen LogP contribution < -0.4 is 10.6 Å². The minimum atomic E-state index is -0.235. The Morgan fingerprint density at radius 1 is 1.27 bits per heavy atom. The van der Waals surface area contributed by atoms with Crippen molar-refractivity contribution in [3.63, 3.8) is 0 Å². The van der Waals surface area contributed by atoms with E-state index in [1.807, 2.05) is 29.6 Å². The van der Waals surface area contributed by atoms with Crippen molar-refractivity contribution < 1.29 is 9.90 Å². The lowest BCUT2D eigenvalue weighted by Crippen LogP contribution is -2.44. The number of carbonyl (C=O) groups is 1. The number of para-hydroxylation sites is 1. The van der Waals surface area contributed by atoms with Crippen LogP contribution in [0.15, 0.2) is 60.2 Å². The second-order valence-electron chi connectivity index (χ2n) is 9.33. The van der Waals surface area contributed by atoms with Gasteiger partial charge in [0.15, 0.2) is 5.11 Å². The van der Waals surface area contributed by atoms with Gasteiger partial charge in [-0.15, -0.1) is 11.3 Å². The predicted octanol–water partition coefficient (Wildman–Crippen LogP) is 6.75. The van der Waals surface area contributed by atoms with Gasteiger partial charge in [-0.3, -0.25) is 4.79 Å². The van der Waals surface area contributed by atoms with Gasteiger partial charge in [0.2, 0.25) is 0 Å². The number of unbranched alkanes of at least 4 members (excludes halogenated alkanes) is 2. The molecule has 0 bridgehead atoms. The van der Waals surface area contributed by atoms with Crippen molar-refractivity contribution in [1.82, 2.24) is 15.2 Å². The summed E-state index contributed by atoms with van der Waals surface area (Å²) in [5, 5.41) is 19.6. The maximum absolute atomic E-state index is 13.0. The minimum absolute atomic E-state index is 0.198. The predicted molar refractivity (Wildman–Crippen MR) is 159 cm³/mol. The van der Waals surface area contributed by atoms with Crippen LogP contribution in [0.3, 0.4) is 0 Å². The fourth-order valence-electron chi connectivity index (χ4n) is 4.29. The Morgan fingerprint density at radius 3 is 2.73 bits per heavy atom. The molecule has 0 unspecified atom stereocenters. The van der Waals surface area contributed by atoms with E-state index in [0.717, 1.165) is 66.6 Å². The molecule has 6 nitrogen and oxygen atoms in total. The standard InChI is InChI=1S/C29H38N4O2S2/c1-4-6-9-16-30-29(36)33-17-14-22(15-18-33)19-27-31-26(20-37-27)28(35)32-25-11-8-7-10-24(25)23(5-2)13-12-21(3)34/h5,7-8,10-13,20,22,34H,2,4,6,9,14-19H2,1,3H3,(H,30,36)(H,32,35)/b21-12+,23-13+. The molecule has 3 rings (SSSR count). The topological polar surface area (TPSA) is 77.5 Å². The molecule has 1 aromatic carbocycles. The second-order valence-corrected chi connectivity index (χ2v) is 10.7. The highest BCUT2D eigenvalue weighted by Crippen LogP contribution is 2.27. The minimum Gasteiger partial charge on any atom is -0.513 e. The van der Waals surface area contributed by atoms with Gasteiger partial charge in [-0.25, -0.2) is 4.98 Å². The van der Waals surface area contributed by atoms with E-state index >= 15 is 0 Å². The highest BCUT2D eigenvalue weighted by molar-refractivity contribution is 7.80. The number of amides is 1.